The average Bonchev–Trinajstić information content (AvgIpc) is 2.56. The Morgan fingerprint density at radius 2 is 1.62 bits per heavy atom. The fourth-order valence-corrected chi connectivity index (χ4v) is 2.54. The Balaban J connectivity index is 2.15. The zero-order valence-corrected chi connectivity index (χ0v) is 12.4. The molecule has 104 valence electrons. The lowest BCUT2D eigenvalue weighted by Crippen LogP contribution is -1.97. The van der Waals surface area contributed by atoms with Crippen molar-refractivity contribution in [1.82, 2.24) is 9.97 Å². The van der Waals surface area contributed by atoms with E-state index in [2.05, 4.69) is 66.3 Å². The van der Waals surface area contributed by atoms with Crippen molar-refractivity contribution >= 4 is 0 Å². The van der Waals surface area contributed by atoms with Crippen molar-refractivity contribution in [3.05, 3.63) is 72.2 Å². The molecular weight excluding hydrogens is 256 g/mol. The summed E-state index contributed by atoms with van der Waals surface area (Å²) in [4.78, 5) is 9.01. The molecule has 1 heterocycles. The fourth-order valence-electron chi connectivity index (χ4n) is 2.54. The smallest absolute Gasteiger partial charge is 0.0920 e. The highest BCUT2D eigenvalue weighted by Crippen LogP contribution is 2.29. The molecule has 0 spiro atoms. The van der Waals surface area contributed by atoms with Crippen LogP contribution < -0.4 is 0 Å². The van der Waals surface area contributed by atoms with Gasteiger partial charge in [0.25, 0.3) is 0 Å². The maximum absolute atomic E-state index is 4.55. The minimum absolute atomic E-state index is 0.887. The number of hydrogen-bond donors (Lipinski definition) is 0. The molecule has 0 aliphatic rings. The highest BCUT2D eigenvalue weighted by Gasteiger charge is 2.10. The largest absolute Gasteiger partial charge is 0.257 e. The van der Waals surface area contributed by atoms with Gasteiger partial charge in [-0.15, -0.1) is 0 Å². The first kappa shape index (κ1) is 13.5. The molecule has 0 atom stereocenters. The van der Waals surface area contributed by atoms with Crippen LogP contribution in [-0.2, 0) is 6.42 Å². The standard InChI is InChI=1S/C19H18N2/c1-3-18-19(21-12-11-20-18)17-13-16(10-9-14(17)2)15-7-5-4-6-8-15/h4-13H,3H2,1-2H3. The Labute approximate surface area is 125 Å². The molecule has 0 radical (unpaired) electrons. The van der Waals surface area contributed by atoms with Gasteiger partial charge in [0, 0.05) is 18.0 Å². The Kier molecular flexibility index (Phi) is 3.78. The van der Waals surface area contributed by atoms with Gasteiger partial charge in [-0.05, 0) is 36.1 Å². The second kappa shape index (κ2) is 5.88. The monoisotopic (exact) mass is 274 g/mol. The van der Waals surface area contributed by atoms with E-state index in [0.717, 1.165) is 17.8 Å². The van der Waals surface area contributed by atoms with Crippen LogP contribution in [0.4, 0.5) is 0 Å². The molecule has 0 unspecified atom stereocenters. The summed E-state index contributed by atoms with van der Waals surface area (Å²) in [7, 11) is 0. The van der Waals surface area contributed by atoms with Crippen LogP contribution in [-0.4, -0.2) is 9.97 Å². The van der Waals surface area contributed by atoms with E-state index in [9.17, 15) is 0 Å². The lowest BCUT2D eigenvalue weighted by Gasteiger charge is -2.11. The molecule has 0 aliphatic carbocycles. The summed E-state index contributed by atoms with van der Waals surface area (Å²) < 4.78 is 0. The van der Waals surface area contributed by atoms with Crippen molar-refractivity contribution in [2.75, 3.05) is 0 Å². The number of aryl methyl sites for hydroxylation is 2. The summed E-state index contributed by atoms with van der Waals surface area (Å²) >= 11 is 0. The summed E-state index contributed by atoms with van der Waals surface area (Å²) in [5.74, 6) is 0. The first-order valence-electron chi connectivity index (χ1n) is 7.26. The van der Waals surface area contributed by atoms with E-state index in [1.807, 2.05) is 6.07 Å². The number of hydrogen-bond acceptors (Lipinski definition) is 2. The SMILES string of the molecule is CCc1nccnc1-c1cc(-c2ccccc2)ccc1C. The third-order valence-corrected chi connectivity index (χ3v) is 3.71. The van der Waals surface area contributed by atoms with Crippen LogP contribution in [0.1, 0.15) is 18.2 Å². The lowest BCUT2D eigenvalue weighted by molar-refractivity contribution is 1.00. The zero-order chi connectivity index (χ0) is 14.7. The van der Waals surface area contributed by atoms with Gasteiger partial charge < -0.3 is 0 Å². The van der Waals surface area contributed by atoms with Crippen LogP contribution in [0.3, 0.4) is 0 Å². The van der Waals surface area contributed by atoms with Crippen LogP contribution in [0.15, 0.2) is 60.9 Å². The third kappa shape index (κ3) is 2.70. The summed E-state index contributed by atoms with van der Waals surface area (Å²) in [5, 5.41) is 0. The molecule has 0 saturated heterocycles. The molecule has 3 aromatic rings. The minimum Gasteiger partial charge on any atom is -0.257 e. The first-order valence-corrected chi connectivity index (χ1v) is 7.26. The molecule has 2 aromatic carbocycles. The molecule has 0 bridgehead atoms. The molecule has 2 heteroatoms. The third-order valence-electron chi connectivity index (χ3n) is 3.71. The molecule has 0 saturated carbocycles. The Morgan fingerprint density at radius 3 is 2.38 bits per heavy atom. The Bertz CT molecular complexity index is 749. The van der Waals surface area contributed by atoms with Gasteiger partial charge in [-0.2, -0.15) is 0 Å². The number of benzene rings is 2. The van der Waals surface area contributed by atoms with E-state index < -0.39 is 0 Å². The molecule has 3 rings (SSSR count). The van der Waals surface area contributed by atoms with Crippen molar-refractivity contribution in [1.29, 1.82) is 0 Å². The first-order chi connectivity index (χ1) is 10.3. The minimum atomic E-state index is 0.887. The van der Waals surface area contributed by atoms with Gasteiger partial charge in [-0.3, -0.25) is 9.97 Å². The van der Waals surface area contributed by atoms with Crippen LogP contribution in [0.5, 0.6) is 0 Å². The van der Waals surface area contributed by atoms with Gasteiger partial charge in [-0.25, -0.2) is 0 Å². The van der Waals surface area contributed by atoms with Crippen molar-refractivity contribution in [3.8, 4) is 22.4 Å². The normalized spacial score (nSPS) is 10.6. The maximum atomic E-state index is 4.55. The van der Waals surface area contributed by atoms with Crippen LogP contribution in [0.25, 0.3) is 22.4 Å². The van der Waals surface area contributed by atoms with E-state index in [4.69, 9.17) is 0 Å². The van der Waals surface area contributed by atoms with E-state index in [1.54, 1.807) is 12.4 Å². The van der Waals surface area contributed by atoms with E-state index in [-0.39, 0.29) is 0 Å². The molecule has 0 amide bonds. The highest BCUT2D eigenvalue weighted by molar-refractivity contribution is 5.74. The van der Waals surface area contributed by atoms with E-state index in [1.165, 1.54) is 22.3 Å². The topological polar surface area (TPSA) is 25.8 Å². The van der Waals surface area contributed by atoms with Crippen LogP contribution in [0, 0.1) is 6.92 Å². The van der Waals surface area contributed by atoms with Gasteiger partial charge in [0.2, 0.25) is 0 Å². The fraction of sp³-hybridized carbons (Fsp3) is 0.158. The van der Waals surface area contributed by atoms with Gasteiger partial charge >= 0.3 is 0 Å². The van der Waals surface area contributed by atoms with E-state index in [0.29, 0.717) is 0 Å². The maximum Gasteiger partial charge on any atom is 0.0920 e. The molecule has 0 fully saturated rings. The predicted octanol–water partition coefficient (Wildman–Crippen LogP) is 4.68. The second-order valence-corrected chi connectivity index (χ2v) is 5.10. The summed E-state index contributed by atoms with van der Waals surface area (Å²) in [6.45, 7) is 4.24. The quantitative estimate of drug-likeness (QED) is 0.693. The number of nitrogens with zero attached hydrogens (tertiary/aromatic N) is 2. The Hall–Kier alpha value is -2.48. The molecule has 21 heavy (non-hydrogen) atoms. The highest BCUT2D eigenvalue weighted by atomic mass is 14.8. The van der Waals surface area contributed by atoms with Crippen molar-refractivity contribution < 1.29 is 0 Å². The van der Waals surface area contributed by atoms with E-state index >= 15 is 0 Å². The predicted molar refractivity (Wildman–Crippen MR) is 87.0 cm³/mol. The summed E-state index contributed by atoms with van der Waals surface area (Å²) in [5.41, 5.74) is 6.87. The van der Waals surface area contributed by atoms with Crippen molar-refractivity contribution in [3.63, 3.8) is 0 Å². The second-order valence-electron chi connectivity index (χ2n) is 5.10. The average molecular weight is 274 g/mol. The number of aromatic nitrogens is 2. The van der Waals surface area contributed by atoms with Crippen LogP contribution in [0.2, 0.25) is 0 Å². The molecule has 2 nitrogen and oxygen atoms in total. The Morgan fingerprint density at radius 1 is 0.857 bits per heavy atom. The van der Waals surface area contributed by atoms with Gasteiger partial charge in [-0.1, -0.05) is 49.4 Å². The van der Waals surface area contributed by atoms with Crippen molar-refractivity contribution in [2.24, 2.45) is 0 Å². The summed E-state index contributed by atoms with van der Waals surface area (Å²) in [6, 6.07) is 17.0. The van der Waals surface area contributed by atoms with Gasteiger partial charge in [0.1, 0.15) is 0 Å². The summed E-state index contributed by atoms with van der Waals surface area (Å²) in [6.07, 6.45) is 4.42. The van der Waals surface area contributed by atoms with Gasteiger partial charge in [0.05, 0.1) is 11.4 Å². The zero-order valence-electron chi connectivity index (χ0n) is 12.4. The van der Waals surface area contributed by atoms with Gasteiger partial charge in [0.15, 0.2) is 0 Å². The molecular formula is C19H18N2. The molecule has 1 aromatic heterocycles. The molecule has 0 aliphatic heterocycles. The molecule has 0 N–H and O–H groups in total. The lowest BCUT2D eigenvalue weighted by atomic mass is 9.96. The van der Waals surface area contributed by atoms with Crippen molar-refractivity contribution in [2.45, 2.75) is 20.3 Å². The number of rotatable bonds is 3. The van der Waals surface area contributed by atoms with Crippen LogP contribution >= 0.6 is 0 Å².